The number of imidazole rings is 1. The van der Waals surface area contributed by atoms with Gasteiger partial charge < -0.3 is 14.4 Å². The fourth-order valence-electron chi connectivity index (χ4n) is 5.36. The van der Waals surface area contributed by atoms with Crippen molar-refractivity contribution in [2.75, 3.05) is 19.3 Å². The number of aryl methyl sites for hydroxylation is 2. The maximum atomic E-state index is 11.8. The Balaban J connectivity index is 1.36. The van der Waals surface area contributed by atoms with Gasteiger partial charge in [-0.15, -0.1) is 0 Å². The summed E-state index contributed by atoms with van der Waals surface area (Å²) in [5.74, 6) is 1.37. The molecule has 0 radical (unpaired) electrons. The Labute approximate surface area is 220 Å². The van der Waals surface area contributed by atoms with Crippen molar-refractivity contribution in [3.63, 3.8) is 0 Å². The van der Waals surface area contributed by atoms with E-state index in [-0.39, 0.29) is 0 Å². The predicted molar refractivity (Wildman–Crippen MR) is 151 cm³/mol. The number of allylic oxidation sites excluding steroid dienone is 3. The first-order valence-electron chi connectivity index (χ1n) is 13.0. The maximum absolute atomic E-state index is 11.8. The van der Waals surface area contributed by atoms with Crippen molar-refractivity contribution < 1.29 is 8.42 Å². The molecule has 7 heteroatoms. The predicted octanol–water partition coefficient (Wildman–Crippen LogP) is 5.77. The first-order chi connectivity index (χ1) is 17.6. The Hall–Kier alpha value is -3.32. The standard InChI is InChI=1S/C30H36N4O2S/c1-21(2)33-15-6-7-26(14-18-33)34-16-12-23(13-17-34)25-19-22(3)29-28(20-25)32(4)30(31-29)24-8-10-27(11-9-24)37(5,35)36/h6-11,14-15,18-21,23H,12-13,16-17H2,1-5H3. The van der Waals surface area contributed by atoms with E-state index in [0.717, 1.165) is 48.4 Å². The van der Waals surface area contributed by atoms with Crippen LogP contribution in [0.5, 0.6) is 0 Å². The molecular weight excluding hydrogens is 480 g/mol. The second-order valence-electron chi connectivity index (χ2n) is 10.5. The SMILES string of the molecule is Cc1cc(C2CCN(C3=CC=CN(C(C)C)C=C3)CC2)cc2c1nc(-c1ccc(S(C)(=O)=O)cc1)n2C. The molecule has 1 saturated heterocycles. The quantitative estimate of drug-likeness (QED) is 0.431. The topological polar surface area (TPSA) is 58.4 Å². The lowest BCUT2D eigenvalue weighted by Gasteiger charge is -2.34. The molecule has 1 fully saturated rings. The smallest absolute Gasteiger partial charge is 0.175 e. The Kier molecular flexibility index (Phi) is 6.75. The normalized spacial score (nSPS) is 17.1. The van der Waals surface area contributed by atoms with Crippen LogP contribution in [0.1, 0.15) is 43.7 Å². The number of sulfone groups is 1. The number of aromatic nitrogens is 2. The van der Waals surface area contributed by atoms with Gasteiger partial charge in [0.05, 0.1) is 15.9 Å². The second kappa shape index (κ2) is 9.86. The van der Waals surface area contributed by atoms with E-state index in [9.17, 15) is 8.42 Å². The number of fused-ring (bicyclic) bond motifs is 1. The number of rotatable bonds is 5. The number of likely N-dealkylation sites (tertiary alicyclic amines) is 1. The van der Waals surface area contributed by atoms with Gasteiger partial charge >= 0.3 is 0 Å². The molecule has 2 aliphatic rings. The van der Waals surface area contributed by atoms with Gasteiger partial charge in [0, 0.05) is 56.1 Å². The lowest BCUT2D eigenvalue weighted by atomic mass is 9.88. The zero-order chi connectivity index (χ0) is 26.3. The van der Waals surface area contributed by atoms with Crippen LogP contribution in [0, 0.1) is 6.92 Å². The lowest BCUT2D eigenvalue weighted by Crippen LogP contribution is -2.32. The van der Waals surface area contributed by atoms with E-state index >= 15 is 0 Å². The van der Waals surface area contributed by atoms with Gasteiger partial charge in [0.25, 0.3) is 0 Å². The molecule has 0 aliphatic carbocycles. The van der Waals surface area contributed by atoms with Crippen molar-refractivity contribution in [2.45, 2.75) is 50.5 Å². The van der Waals surface area contributed by atoms with E-state index in [1.165, 1.54) is 23.1 Å². The first-order valence-corrected chi connectivity index (χ1v) is 14.9. The molecule has 6 nitrogen and oxygen atoms in total. The van der Waals surface area contributed by atoms with Gasteiger partial charge in [0.15, 0.2) is 9.84 Å². The summed E-state index contributed by atoms with van der Waals surface area (Å²) in [5.41, 5.74) is 6.87. The van der Waals surface area contributed by atoms with Gasteiger partial charge in [-0.05, 0) is 99.2 Å². The lowest BCUT2D eigenvalue weighted by molar-refractivity contribution is 0.269. The van der Waals surface area contributed by atoms with Crippen molar-refractivity contribution >= 4 is 20.9 Å². The van der Waals surface area contributed by atoms with E-state index in [4.69, 9.17) is 4.98 Å². The number of piperidine rings is 1. The Morgan fingerprint density at radius 3 is 2.38 bits per heavy atom. The van der Waals surface area contributed by atoms with Gasteiger partial charge in [-0.25, -0.2) is 13.4 Å². The largest absolute Gasteiger partial charge is 0.371 e. The van der Waals surface area contributed by atoms with E-state index < -0.39 is 9.84 Å². The fraction of sp³-hybridized carbons (Fsp3) is 0.367. The van der Waals surface area contributed by atoms with E-state index in [1.54, 1.807) is 12.1 Å². The molecule has 194 valence electrons. The molecule has 1 aromatic heterocycles. The highest BCUT2D eigenvalue weighted by molar-refractivity contribution is 7.90. The molecule has 0 N–H and O–H groups in total. The van der Waals surface area contributed by atoms with E-state index in [1.807, 2.05) is 19.2 Å². The summed E-state index contributed by atoms with van der Waals surface area (Å²) in [6.07, 6.45) is 14.4. The molecule has 3 aromatic rings. The highest BCUT2D eigenvalue weighted by atomic mass is 32.2. The van der Waals surface area contributed by atoms with Crippen LogP contribution in [0.25, 0.3) is 22.4 Å². The molecule has 0 unspecified atom stereocenters. The van der Waals surface area contributed by atoms with Gasteiger partial charge in [-0.3, -0.25) is 0 Å². The number of hydrogen-bond acceptors (Lipinski definition) is 5. The van der Waals surface area contributed by atoms with Crippen molar-refractivity contribution in [3.8, 4) is 11.4 Å². The third-order valence-electron chi connectivity index (χ3n) is 7.61. The van der Waals surface area contributed by atoms with Gasteiger partial charge in [-0.1, -0.05) is 6.07 Å². The molecule has 0 amide bonds. The summed E-state index contributed by atoms with van der Waals surface area (Å²) in [5, 5.41) is 0. The molecule has 2 aliphatic heterocycles. The van der Waals surface area contributed by atoms with E-state index in [0.29, 0.717) is 16.9 Å². The minimum absolute atomic E-state index is 0.322. The highest BCUT2D eigenvalue weighted by Crippen LogP contribution is 2.34. The monoisotopic (exact) mass is 516 g/mol. The van der Waals surface area contributed by atoms with Crippen molar-refractivity contribution in [3.05, 3.63) is 83.9 Å². The van der Waals surface area contributed by atoms with Crippen LogP contribution in [0.3, 0.4) is 0 Å². The number of nitrogens with zero attached hydrogens (tertiary/aromatic N) is 4. The summed E-state index contributed by atoms with van der Waals surface area (Å²) in [6, 6.07) is 12.1. The third-order valence-corrected chi connectivity index (χ3v) is 8.74. The summed E-state index contributed by atoms with van der Waals surface area (Å²) in [7, 11) is -1.18. The highest BCUT2D eigenvalue weighted by Gasteiger charge is 2.23. The van der Waals surface area contributed by atoms with Crippen LogP contribution in [0.2, 0.25) is 0 Å². The minimum Gasteiger partial charge on any atom is -0.371 e. The average molecular weight is 517 g/mol. The first kappa shape index (κ1) is 25.3. The number of hydrogen-bond donors (Lipinski definition) is 0. The van der Waals surface area contributed by atoms with Gasteiger partial charge in [0.2, 0.25) is 0 Å². The van der Waals surface area contributed by atoms with Crippen LogP contribution >= 0.6 is 0 Å². The van der Waals surface area contributed by atoms with Crippen molar-refractivity contribution in [1.29, 1.82) is 0 Å². The Bertz CT molecular complexity index is 1500. The summed E-state index contributed by atoms with van der Waals surface area (Å²) >= 11 is 0. The van der Waals surface area contributed by atoms with Crippen LogP contribution in [0.15, 0.2) is 77.6 Å². The Morgan fingerprint density at radius 1 is 1.03 bits per heavy atom. The van der Waals surface area contributed by atoms with Gasteiger partial charge in [-0.2, -0.15) is 0 Å². The summed E-state index contributed by atoms with van der Waals surface area (Å²) in [4.78, 5) is 9.99. The van der Waals surface area contributed by atoms with Crippen molar-refractivity contribution in [1.82, 2.24) is 19.4 Å². The van der Waals surface area contributed by atoms with Crippen molar-refractivity contribution in [2.24, 2.45) is 7.05 Å². The van der Waals surface area contributed by atoms with Crippen LogP contribution in [0.4, 0.5) is 0 Å². The minimum atomic E-state index is -3.22. The molecule has 0 spiro atoms. The molecule has 37 heavy (non-hydrogen) atoms. The maximum Gasteiger partial charge on any atom is 0.175 e. The average Bonchev–Trinajstić information content (AvgIpc) is 3.04. The molecule has 5 rings (SSSR count). The fourth-order valence-corrected chi connectivity index (χ4v) is 5.99. The molecule has 2 aromatic carbocycles. The van der Waals surface area contributed by atoms with E-state index in [2.05, 4.69) is 77.9 Å². The zero-order valence-corrected chi connectivity index (χ0v) is 23.2. The molecular formula is C30H36N4O2S. The van der Waals surface area contributed by atoms with Crippen LogP contribution in [-0.4, -0.2) is 53.2 Å². The molecule has 0 atom stereocenters. The van der Waals surface area contributed by atoms with Crippen LogP contribution < -0.4 is 0 Å². The third kappa shape index (κ3) is 5.10. The number of benzene rings is 2. The summed E-state index contributed by atoms with van der Waals surface area (Å²) in [6.45, 7) is 8.61. The van der Waals surface area contributed by atoms with Crippen LogP contribution in [-0.2, 0) is 16.9 Å². The second-order valence-corrected chi connectivity index (χ2v) is 12.6. The molecule has 0 saturated carbocycles. The van der Waals surface area contributed by atoms with Gasteiger partial charge in [0.1, 0.15) is 5.82 Å². The molecule has 3 heterocycles. The molecule has 0 bridgehead atoms. The Morgan fingerprint density at radius 2 is 1.73 bits per heavy atom. The zero-order valence-electron chi connectivity index (χ0n) is 22.3. The summed E-state index contributed by atoms with van der Waals surface area (Å²) < 4.78 is 25.8.